The van der Waals surface area contributed by atoms with Gasteiger partial charge in [0.25, 0.3) is 0 Å². The Hall–Kier alpha value is -0.680. The zero-order chi connectivity index (χ0) is 9.14. The predicted molar refractivity (Wildman–Crippen MR) is 51.6 cm³/mol. The maximum absolute atomic E-state index is 5.65. The van der Waals surface area contributed by atoms with Gasteiger partial charge in [-0.3, -0.25) is 0 Å². The maximum Gasteiger partial charge on any atom is 0.204 e. The first-order chi connectivity index (χ1) is 5.59. The Kier molecular flexibility index (Phi) is 2.99. The Bertz CT molecular complexity index is 245. The standard InChI is InChI=1S/C7H14N4S/c1-5(8)4-11(3)7-9-6(2)10-12-7/h5H,4,8H2,1-3H3. The molecule has 4 nitrogen and oxygen atoms in total. The van der Waals surface area contributed by atoms with Crippen LogP contribution in [0.3, 0.4) is 0 Å². The molecule has 0 fully saturated rings. The largest absolute Gasteiger partial charge is 0.348 e. The number of nitrogens with two attached hydrogens (primary N) is 1. The molecule has 0 radical (unpaired) electrons. The van der Waals surface area contributed by atoms with E-state index in [4.69, 9.17) is 5.73 Å². The number of hydrogen-bond acceptors (Lipinski definition) is 5. The summed E-state index contributed by atoms with van der Waals surface area (Å²) in [6.45, 7) is 4.68. The fourth-order valence-corrected chi connectivity index (χ4v) is 1.59. The molecule has 0 spiro atoms. The molecule has 0 amide bonds. The van der Waals surface area contributed by atoms with Gasteiger partial charge in [0.1, 0.15) is 5.82 Å². The van der Waals surface area contributed by atoms with Gasteiger partial charge in [0, 0.05) is 31.2 Å². The average Bonchev–Trinajstić information content (AvgIpc) is 2.34. The van der Waals surface area contributed by atoms with Gasteiger partial charge in [-0.1, -0.05) is 0 Å². The number of anilines is 1. The van der Waals surface area contributed by atoms with Crippen molar-refractivity contribution in [1.29, 1.82) is 0 Å². The van der Waals surface area contributed by atoms with Crippen molar-refractivity contribution in [3.8, 4) is 0 Å². The predicted octanol–water partition coefficient (Wildman–Crippen LogP) is 0.630. The van der Waals surface area contributed by atoms with Gasteiger partial charge in [-0.25, -0.2) is 4.98 Å². The second kappa shape index (κ2) is 3.82. The molecule has 0 saturated heterocycles. The number of nitrogens with zero attached hydrogens (tertiary/aromatic N) is 3. The van der Waals surface area contributed by atoms with Crippen LogP contribution in [-0.2, 0) is 0 Å². The molecule has 68 valence electrons. The molecule has 0 aliphatic rings. The summed E-state index contributed by atoms with van der Waals surface area (Å²) in [4.78, 5) is 6.26. The highest BCUT2D eigenvalue weighted by molar-refractivity contribution is 7.09. The molecule has 1 heterocycles. The fourth-order valence-electron chi connectivity index (χ4n) is 0.951. The smallest absolute Gasteiger partial charge is 0.204 e. The minimum absolute atomic E-state index is 0.166. The van der Waals surface area contributed by atoms with Crippen molar-refractivity contribution in [1.82, 2.24) is 9.36 Å². The van der Waals surface area contributed by atoms with Gasteiger partial charge in [-0.05, 0) is 13.8 Å². The second-order valence-corrected chi connectivity index (χ2v) is 3.71. The van der Waals surface area contributed by atoms with Crippen LogP contribution in [0.15, 0.2) is 0 Å². The Morgan fingerprint density at radius 3 is 2.75 bits per heavy atom. The van der Waals surface area contributed by atoms with Crippen LogP contribution in [0.2, 0.25) is 0 Å². The third-order valence-electron chi connectivity index (χ3n) is 1.41. The number of rotatable bonds is 3. The van der Waals surface area contributed by atoms with Crippen molar-refractivity contribution < 1.29 is 0 Å². The third kappa shape index (κ3) is 2.42. The van der Waals surface area contributed by atoms with Gasteiger partial charge < -0.3 is 10.6 Å². The van der Waals surface area contributed by atoms with E-state index >= 15 is 0 Å². The summed E-state index contributed by atoms with van der Waals surface area (Å²) in [5.41, 5.74) is 5.65. The zero-order valence-corrected chi connectivity index (χ0v) is 8.43. The minimum Gasteiger partial charge on any atom is -0.348 e. The summed E-state index contributed by atoms with van der Waals surface area (Å²) < 4.78 is 4.09. The number of aryl methyl sites for hydroxylation is 1. The normalized spacial score (nSPS) is 13.0. The van der Waals surface area contributed by atoms with Crippen molar-refractivity contribution in [2.24, 2.45) is 5.73 Å². The van der Waals surface area contributed by atoms with Crippen molar-refractivity contribution in [2.45, 2.75) is 19.9 Å². The molecule has 1 aromatic rings. The third-order valence-corrected chi connectivity index (χ3v) is 2.33. The number of hydrogen-bond donors (Lipinski definition) is 1. The van der Waals surface area contributed by atoms with Crippen LogP contribution in [0, 0.1) is 6.92 Å². The number of aromatic nitrogens is 2. The van der Waals surface area contributed by atoms with E-state index in [2.05, 4.69) is 9.36 Å². The van der Waals surface area contributed by atoms with Gasteiger partial charge in [0.05, 0.1) is 0 Å². The van der Waals surface area contributed by atoms with E-state index in [0.29, 0.717) is 0 Å². The van der Waals surface area contributed by atoms with Crippen LogP contribution in [-0.4, -0.2) is 29.0 Å². The number of likely N-dealkylation sites (N-methyl/N-ethyl adjacent to an activating group) is 1. The fraction of sp³-hybridized carbons (Fsp3) is 0.714. The highest BCUT2D eigenvalue weighted by atomic mass is 32.1. The topological polar surface area (TPSA) is 55.0 Å². The molecule has 0 saturated carbocycles. The van der Waals surface area contributed by atoms with Crippen LogP contribution in [0.5, 0.6) is 0 Å². The lowest BCUT2D eigenvalue weighted by atomic mass is 10.3. The van der Waals surface area contributed by atoms with E-state index in [-0.39, 0.29) is 6.04 Å². The highest BCUT2D eigenvalue weighted by Gasteiger charge is 2.07. The lowest BCUT2D eigenvalue weighted by Gasteiger charge is -2.16. The molecule has 1 atom stereocenters. The maximum atomic E-state index is 5.65. The summed E-state index contributed by atoms with van der Waals surface area (Å²) in [5, 5.41) is 0.935. The summed E-state index contributed by atoms with van der Waals surface area (Å²) >= 11 is 1.41. The summed E-state index contributed by atoms with van der Waals surface area (Å²) in [6, 6.07) is 0.166. The minimum atomic E-state index is 0.166. The van der Waals surface area contributed by atoms with Crippen LogP contribution in [0.4, 0.5) is 5.13 Å². The molecule has 0 aliphatic carbocycles. The van der Waals surface area contributed by atoms with E-state index in [1.807, 2.05) is 25.8 Å². The summed E-state index contributed by atoms with van der Waals surface area (Å²) in [7, 11) is 1.98. The lowest BCUT2D eigenvalue weighted by Crippen LogP contribution is -2.32. The molecule has 1 rings (SSSR count). The van der Waals surface area contributed by atoms with Crippen molar-refractivity contribution in [2.75, 3.05) is 18.5 Å². The lowest BCUT2D eigenvalue weighted by molar-refractivity contribution is 0.715. The summed E-state index contributed by atoms with van der Waals surface area (Å²) in [5.74, 6) is 0.825. The second-order valence-electron chi connectivity index (χ2n) is 2.98. The SMILES string of the molecule is Cc1nsc(N(C)CC(C)N)n1. The molecule has 0 aromatic carbocycles. The molecular weight excluding hydrogens is 172 g/mol. The quantitative estimate of drug-likeness (QED) is 0.752. The van der Waals surface area contributed by atoms with Crippen molar-refractivity contribution in [3.63, 3.8) is 0 Å². The highest BCUT2D eigenvalue weighted by Crippen LogP contribution is 2.14. The van der Waals surface area contributed by atoms with Gasteiger partial charge in [0.2, 0.25) is 5.13 Å². The molecule has 1 unspecified atom stereocenters. The van der Waals surface area contributed by atoms with E-state index in [1.54, 1.807) is 0 Å². The van der Waals surface area contributed by atoms with Crippen molar-refractivity contribution in [3.05, 3.63) is 5.82 Å². The molecular formula is C7H14N4S. The van der Waals surface area contributed by atoms with Crippen LogP contribution < -0.4 is 10.6 Å². The molecule has 5 heteroatoms. The Morgan fingerprint density at radius 1 is 1.67 bits per heavy atom. The van der Waals surface area contributed by atoms with Crippen LogP contribution in [0.25, 0.3) is 0 Å². The zero-order valence-electron chi connectivity index (χ0n) is 7.61. The van der Waals surface area contributed by atoms with Crippen LogP contribution >= 0.6 is 11.5 Å². The van der Waals surface area contributed by atoms with Gasteiger partial charge in [-0.2, -0.15) is 4.37 Å². The Balaban J connectivity index is 2.58. The van der Waals surface area contributed by atoms with Crippen LogP contribution in [0.1, 0.15) is 12.7 Å². The van der Waals surface area contributed by atoms with E-state index in [0.717, 1.165) is 17.5 Å². The Morgan fingerprint density at radius 2 is 2.33 bits per heavy atom. The van der Waals surface area contributed by atoms with Gasteiger partial charge in [-0.15, -0.1) is 0 Å². The summed E-state index contributed by atoms with van der Waals surface area (Å²) in [6.07, 6.45) is 0. The van der Waals surface area contributed by atoms with E-state index in [9.17, 15) is 0 Å². The monoisotopic (exact) mass is 186 g/mol. The molecule has 2 N–H and O–H groups in total. The van der Waals surface area contributed by atoms with E-state index in [1.165, 1.54) is 11.5 Å². The molecule has 12 heavy (non-hydrogen) atoms. The first kappa shape index (κ1) is 9.41. The molecule has 1 aromatic heterocycles. The van der Waals surface area contributed by atoms with Crippen molar-refractivity contribution >= 4 is 16.7 Å². The first-order valence-electron chi connectivity index (χ1n) is 3.86. The van der Waals surface area contributed by atoms with Gasteiger partial charge >= 0.3 is 0 Å². The van der Waals surface area contributed by atoms with E-state index < -0.39 is 0 Å². The van der Waals surface area contributed by atoms with Gasteiger partial charge in [0.15, 0.2) is 0 Å². The molecule has 0 bridgehead atoms. The first-order valence-corrected chi connectivity index (χ1v) is 4.64. The Labute approximate surface area is 76.6 Å². The molecule has 0 aliphatic heterocycles. The average molecular weight is 186 g/mol.